The molecule has 1 atom stereocenters. The summed E-state index contributed by atoms with van der Waals surface area (Å²) in [6.07, 6.45) is 5.04. The molecule has 3 heterocycles. The molecule has 136 valence electrons. The fraction of sp³-hybridized carbons (Fsp3) is 0.650. The van der Waals surface area contributed by atoms with Gasteiger partial charge in [0.1, 0.15) is 11.4 Å². The Hall–Kier alpha value is -1.59. The van der Waals surface area contributed by atoms with E-state index in [1.54, 1.807) is 7.11 Å². The minimum atomic E-state index is -0.107. The average molecular weight is 344 g/mol. The van der Waals surface area contributed by atoms with Crippen molar-refractivity contribution in [1.82, 2.24) is 9.80 Å². The lowest BCUT2D eigenvalue weighted by Gasteiger charge is -2.47. The highest BCUT2D eigenvalue weighted by atomic mass is 16.5. The molecule has 5 nitrogen and oxygen atoms in total. The van der Waals surface area contributed by atoms with Crippen LogP contribution in [0, 0.1) is 6.92 Å². The molecule has 3 saturated heterocycles. The van der Waals surface area contributed by atoms with E-state index < -0.39 is 0 Å². The van der Waals surface area contributed by atoms with Crippen LogP contribution in [0.2, 0.25) is 0 Å². The lowest BCUT2D eigenvalue weighted by Crippen LogP contribution is -2.63. The molecule has 3 fully saturated rings. The number of piperidine rings is 1. The zero-order valence-corrected chi connectivity index (χ0v) is 15.3. The zero-order valence-electron chi connectivity index (χ0n) is 15.3. The second kappa shape index (κ2) is 6.61. The van der Waals surface area contributed by atoms with Gasteiger partial charge in [0.05, 0.1) is 26.8 Å². The molecule has 0 radical (unpaired) electrons. The van der Waals surface area contributed by atoms with Crippen molar-refractivity contribution < 1.29 is 14.3 Å². The molecule has 1 amide bonds. The number of ether oxygens (including phenoxy) is 2. The third-order valence-corrected chi connectivity index (χ3v) is 6.08. The Morgan fingerprint density at radius 3 is 2.72 bits per heavy atom. The van der Waals surface area contributed by atoms with Gasteiger partial charge in [-0.25, -0.2) is 0 Å². The van der Waals surface area contributed by atoms with E-state index in [1.165, 1.54) is 32.4 Å². The summed E-state index contributed by atoms with van der Waals surface area (Å²) in [5, 5.41) is 0. The van der Waals surface area contributed by atoms with Gasteiger partial charge in [-0.15, -0.1) is 0 Å². The van der Waals surface area contributed by atoms with Crippen LogP contribution in [0.3, 0.4) is 0 Å². The van der Waals surface area contributed by atoms with Gasteiger partial charge in [-0.05, 0) is 51.4 Å². The molecule has 1 unspecified atom stereocenters. The Morgan fingerprint density at radius 1 is 1.24 bits per heavy atom. The van der Waals surface area contributed by atoms with Crippen LogP contribution in [0.4, 0.5) is 0 Å². The van der Waals surface area contributed by atoms with Gasteiger partial charge >= 0.3 is 0 Å². The SMILES string of the molecule is COc1cccc(C(=O)N2CC3(CC(N4CCCCC4)CO3)C2)c1C. The van der Waals surface area contributed by atoms with Gasteiger partial charge in [0, 0.05) is 17.2 Å². The first-order valence-electron chi connectivity index (χ1n) is 9.43. The van der Waals surface area contributed by atoms with E-state index >= 15 is 0 Å². The predicted molar refractivity (Wildman–Crippen MR) is 96.1 cm³/mol. The molecule has 0 saturated carbocycles. The van der Waals surface area contributed by atoms with E-state index in [9.17, 15) is 4.79 Å². The molecule has 0 aliphatic carbocycles. The molecule has 1 aromatic rings. The summed E-state index contributed by atoms with van der Waals surface area (Å²) in [5.74, 6) is 0.857. The summed E-state index contributed by atoms with van der Waals surface area (Å²) in [6, 6.07) is 6.20. The lowest BCUT2D eigenvalue weighted by atomic mass is 9.87. The van der Waals surface area contributed by atoms with Gasteiger partial charge in [0.15, 0.2) is 0 Å². The second-order valence-electron chi connectivity index (χ2n) is 7.74. The zero-order chi connectivity index (χ0) is 17.4. The third kappa shape index (κ3) is 3.04. The number of carbonyl (C=O) groups is 1. The van der Waals surface area contributed by atoms with E-state index in [0.29, 0.717) is 19.1 Å². The second-order valence-corrected chi connectivity index (χ2v) is 7.74. The smallest absolute Gasteiger partial charge is 0.254 e. The fourth-order valence-corrected chi connectivity index (χ4v) is 4.59. The highest BCUT2D eigenvalue weighted by molar-refractivity contribution is 5.97. The van der Waals surface area contributed by atoms with E-state index in [4.69, 9.17) is 9.47 Å². The topological polar surface area (TPSA) is 42.0 Å². The normalized spacial score (nSPS) is 25.8. The summed E-state index contributed by atoms with van der Waals surface area (Å²) in [4.78, 5) is 17.4. The maximum Gasteiger partial charge on any atom is 0.254 e. The maximum atomic E-state index is 12.8. The average Bonchev–Trinajstić information content (AvgIpc) is 3.07. The number of carbonyl (C=O) groups excluding carboxylic acids is 1. The van der Waals surface area contributed by atoms with Crippen molar-refractivity contribution >= 4 is 5.91 Å². The quantitative estimate of drug-likeness (QED) is 0.845. The predicted octanol–water partition coefficient (Wildman–Crippen LogP) is 2.47. The Labute approximate surface area is 149 Å². The van der Waals surface area contributed by atoms with Gasteiger partial charge in [-0.1, -0.05) is 12.5 Å². The lowest BCUT2D eigenvalue weighted by molar-refractivity contribution is -0.0951. The van der Waals surface area contributed by atoms with Crippen LogP contribution in [0.1, 0.15) is 41.6 Å². The number of amides is 1. The van der Waals surface area contributed by atoms with Crippen molar-refractivity contribution in [3.8, 4) is 5.75 Å². The highest BCUT2D eigenvalue weighted by Crippen LogP contribution is 2.38. The summed E-state index contributed by atoms with van der Waals surface area (Å²) >= 11 is 0. The Morgan fingerprint density at radius 2 is 2.00 bits per heavy atom. The molecule has 3 aliphatic rings. The van der Waals surface area contributed by atoms with Crippen LogP contribution >= 0.6 is 0 Å². The molecule has 0 N–H and O–H groups in total. The van der Waals surface area contributed by atoms with Gasteiger partial charge in [-0.2, -0.15) is 0 Å². The largest absolute Gasteiger partial charge is 0.496 e. The maximum absolute atomic E-state index is 12.8. The van der Waals surface area contributed by atoms with E-state index in [1.807, 2.05) is 30.0 Å². The van der Waals surface area contributed by atoms with Crippen molar-refractivity contribution in [3.05, 3.63) is 29.3 Å². The third-order valence-electron chi connectivity index (χ3n) is 6.08. The molecule has 5 heteroatoms. The van der Waals surface area contributed by atoms with Crippen LogP contribution in [0.15, 0.2) is 18.2 Å². The van der Waals surface area contributed by atoms with Crippen molar-refractivity contribution in [3.63, 3.8) is 0 Å². The first kappa shape index (κ1) is 16.9. The van der Waals surface area contributed by atoms with E-state index in [0.717, 1.165) is 29.9 Å². The van der Waals surface area contributed by atoms with E-state index in [-0.39, 0.29) is 11.5 Å². The number of hydrogen-bond acceptors (Lipinski definition) is 4. The molecule has 0 aromatic heterocycles. The number of likely N-dealkylation sites (tertiary alicyclic amines) is 2. The monoisotopic (exact) mass is 344 g/mol. The fourth-order valence-electron chi connectivity index (χ4n) is 4.59. The molecular weight excluding hydrogens is 316 g/mol. The van der Waals surface area contributed by atoms with Crippen LogP contribution in [-0.4, -0.2) is 67.2 Å². The summed E-state index contributed by atoms with van der Waals surface area (Å²) < 4.78 is 11.5. The Bertz CT molecular complexity index is 648. The molecule has 1 spiro atoms. The molecule has 25 heavy (non-hydrogen) atoms. The number of nitrogens with zero attached hydrogens (tertiary/aromatic N) is 2. The van der Waals surface area contributed by atoms with Gasteiger partial charge in [-0.3, -0.25) is 9.69 Å². The van der Waals surface area contributed by atoms with E-state index in [2.05, 4.69) is 4.90 Å². The van der Waals surface area contributed by atoms with Gasteiger partial charge < -0.3 is 14.4 Å². The minimum Gasteiger partial charge on any atom is -0.496 e. The van der Waals surface area contributed by atoms with Crippen molar-refractivity contribution in [2.75, 3.05) is 39.9 Å². The molecule has 3 aliphatic heterocycles. The number of hydrogen-bond donors (Lipinski definition) is 0. The Kier molecular flexibility index (Phi) is 4.46. The van der Waals surface area contributed by atoms with Crippen molar-refractivity contribution in [2.45, 2.75) is 44.2 Å². The summed E-state index contributed by atoms with van der Waals surface area (Å²) in [7, 11) is 1.64. The van der Waals surface area contributed by atoms with Crippen LogP contribution in [0.5, 0.6) is 5.75 Å². The highest BCUT2D eigenvalue weighted by Gasteiger charge is 2.52. The Balaban J connectivity index is 1.38. The number of methoxy groups -OCH3 is 1. The standard InChI is InChI=1S/C20H28N2O3/c1-15-17(7-6-8-18(15)24-2)19(23)22-13-20(14-22)11-16(12-25-20)21-9-4-3-5-10-21/h6-8,16H,3-5,9-14H2,1-2H3. The molecular formula is C20H28N2O3. The van der Waals surface area contributed by atoms with Crippen LogP contribution in [-0.2, 0) is 4.74 Å². The molecule has 1 aromatic carbocycles. The summed E-state index contributed by atoms with van der Waals surface area (Å²) in [6.45, 7) is 6.60. The molecule has 0 bridgehead atoms. The van der Waals surface area contributed by atoms with Gasteiger partial charge in [0.2, 0.25) is 0 Å². The number of rotatable bonds is 3. The van der Waals surface area contributed by atoms with Crippen molar-refractivity contribution in [2.24, 2.45) is 0 Å². The van der Waals surface area contributed by atoms with Crippen molar-refractivity contribution in [1.29, 1.82) is 0 Å². The van der Waals surface area contributed by atoms with Crippen LogP contribution < -0.4 is 4.74 Å². The molecule has 4 rings (SSSR count). The van der Waals surface area contributed by atoms with Crippen LogP contribution in [0.25, 0.3) is 0 Å². The van der Waals surface area contributed by atoms with Gasteiger partial charge in [0.25, 0.3) is 5.91 Å². The summed E-state index contributed by atoms with van der Waals surface area (Å²) in [5.41, 5.74) is 1.54. The number of benzene rings is 1. The minimum absolute atomic E-state index is 0.0899. The first-order chi connectivity index (χ1) is 12.1. The first-order valence-corrected chi connectivity index (χ1v) is 9.43.